The SMILES string of the molecule is CC(C)(C)CC(O)c1ccccc1[N+](=O)[O-]. The van der Waals surface area contributed by atoms with Crippen molar-refractivity contribution in [1.29, 1.82) is 0 Å². The monoisotopic (exact) mass is 223 g/mol. The fraction of sp³-hybridized carbons (Fsp3) is 0.500. The van der Waals surface area contributed by atoms with Gasteiger partial charge in [-0.2, -0.15) is 0 Å². The fourth-order valence-corrected chi connectivity index (χ4v) is 1.63. The van der Waals surface area contributed by atoms with Crippen LogP contribution >= 0.6 is 0 Å². The summed E-state index contributed by atoms with van der Waals surface area (Å²) in [4.78, 5) is 10.3. The maximum atomic E-state index is 10.8. The topological polar surface area (TPSA) is 63.4 Å². The standard InChI is InChI=1S/C12H17NO3/c1-12(2,3)8-11(14)9-6-4-5-7-10(9)13(15)16/h4-7,11,14H,8H2,1-3H3. The number of nitro benzene ring substituents is 1. The fourth-order valence-electron chi connectivity index (χ4n) is 1.63. The molecule has 1 N–H and O–H groups in total. The number of hydrogen-bond donors (Lipinski definition) is 1. The van der Waals surface area contributed by atoms with E-state index in [9.17, 15) is 15.2 Å². The van der Waals surface area contributed by atoms with Crippen molar-refractivity contribution in [1.82, 2.24) is 0 Å². The highest BCUT2D eigenvalue weighted by molar-refractivity contribution is 5.41. The molecular weight excluding hydrogens is 206 g/mol. The van der Waals surface area contributed by atoms with Crippen LogP contribution < -0.4 is 0 Å². The Bertz CT molecular complexity index is 382. The smallest absolute Gasteiger partial charge is 0.275 e. The number of nitrogens with zero attached hydrogens (tertiary/aromatic N) is 1. The lowest BCUT2D eigenvalue weighted by Crippen LogP contribution is -2.12. The van der Waals surface area contributed by atoms with Crippen molar-refractivity contribution >= 4 is 5.69 Å². The van der Waals surface area contributed by atoms with Gasteiger partial charge in [0.25, 0.3) is 5.69 Å². The van der Waals surface area contributed by atoms with E-state index in [0.717, 1.165) is 0 Å². The van der Waals surface area contributed by atoms with Gasteiger partial charge in [0.05, 0.1) is 16.6 Å². The van der Waals surface area contributed by atoms with Gasteiger partial charge in [-0.05, 0) is 17.9 Å². The highest BCUT2D eigenvalue weighted by Gasteiger charge is 2.24. The van der Waals surface area contributed by atoms with Crippen LogP contribution in [0, 0.1) is 15.5 Å². The van der Waals surface area contributed by atoms with Crippen molar-refractivity contribution in [2.45, 2.75) is 33.3 Å². The molecule has 0 saturated carbocycles. The maximum absolute atomic E-state index is 10.8. The minimum absolute atomic E-state index is 0.0146. The number of rotatable bonds is 3. The van der Waals surface area contributed by atoms with Crippen LogP contribution in [0.1, 0.15) is 38.9 Å². The minimum Gasteiger partial charge on any atom is -0.388 e. The summed E-state index contributed by atoms with van der Waals surface area (Å²) in [6.45, 7) is 5.97. The van der Waals surface area contributed by atoms with Crippen LogP contribution in [0.3, 0.4) is 0 Å². The van der Waals surface area contributed by atoms with E-state index in [-0.39, 0.29) is 11.1 Å². The van der Waals surface area contributed by atoms with Crippen LogP contribution in [-0.4, -0.2) is 10.0 Å². The molecule has 1 aromatic rings. The first kappa shape index (κ1) is 12.6. The molecule has 16 heavy (non-hydrogen) atoms. The van der Waals surface area contributed by atoms with Crippen molar-refractivity contribution in [3.8, 4) is 0 Å². The van der Waals surface area contributed by atoms with E-state index < -0.39 is 11.0 Å². The molecule has 1 atom stereocenters. The number of aliphatic hydroxyl groups is 1. The third-order valence-corrected chi connectivity index (χ3v) is 2.30. The summed E-state index contributed by atoms with van der Waals surface area (Å²) in [7, 11) is 0. The molecule has 0 amide bonds. The summed E-state index contributed by atoms with van der Waals surface area (Å²) < 4.78 is 0. The minimum atomic E-state index is -0.790. The van der Waals surface area contributed by atoms with E-state index in [4.69, 9.17) is 0 Å². The number of hydrogen-bond acceptors (Lipinski definition) is 3. The number of nitro groups is 1. The molecule has 0 aliphatic heterocycles. The van der Waals surface area contributed by atoms with Gasteiger partial charge in [0.15, 0.2) is 0 Å². The summed E-state index contributed by atoms with van der Waals surface area (Å²) >= 11 is 0. The Morgan fingerprint density at radius 2 is 1.94 bits per heavy atom. The summed E-state index contributed by atoms with van der Waals surface area (Å²) in [5.41, 5.74) is 0.310. The quantitative estimate of drug-likeness (QED) is 0.632. The normalized spacial score (nSPS) is 13.5. The van der Waals surface area contributed by atoms with Crippen LogP contribution in [0.25, 0.3) is 0 Å². The Labute approximate surface area is 95.1 Å². The molecule has 1 unspecified atom stereocenters. The summed E-state index contributed by atoms with van der Waals surface area (Å²) in [6.07, 6.45) is -0.292. The van der Waals surface area contributed by atoms with E-state index in [1.54, 1.807) is 18.2 Å². The Morgan fingerprint density at radius 1 is 1.38 bits per heavy atom. The lowest BCUT2D eigenvalue weighted by Gasteiger charge is -2.22. The average molecular weight is 223 g/mol. The van der Waals surface area contributed by atoms with Crippen LogP contribution in [-0.2, 0) is 0 Å². The van der Waals surface area contributed by atoms with Gasteiger partial charge < -0.3 is 5.11 Å². The van der Waals surface area contributed by atoms with Gasteiger partial charge in [0.2, 0.25) is 0 Å². The molecule has 0 bridgehead atoms. The first-order valence-corrected chi connectivity index (χ1v) is 5.22. The third-order valence-electron chi connectivity index (χ3n) is 2.30. The van der Waals surface area contributed by atoms with Gasteiger partial charge in [-0.1, -0.05) is 32.9 Å². The molecule has 1 rings (SSSR count). The van der Waals surface area contributed by atoms with Crippen molar-refractivity contribution in [2.75, 3.05) is 0 Å². The van der Waals surface area contributed by atoms with E-state index >= 15 is 0 Å². The zero-order valence-corrected chi connectivity index (χ0v) is 9.80. The Balaban J connectivity index is 2.99. The molecule has 4 nitrogen and oxygen atoms in total. The van der Waals surface area contributed by atoms with Gasteiger partial charge in [-0.3, -0.25) is 10.1 Å². The lowest BCUT2D eigenvalue weighted by molar-refractivity contribution is -0.386. The molecular formula is C12H17NO3. The van der Waals surface area contributed by atoms with Crippen LogP contribution in [0.5, 0.6) is 0 Å². The molecule has 0 aliphatic rings. The lowest BCUT2D eigenvalue weighted by atomic mass is 9.86. The summed E-state index contributed by atoms with van der Waals surface area (Å²) in [6, 6.07) is 6.33. The maximum Gasteiger partial charge on any atom is 0.275 e. The summed E-state index contributed by atoms with van der Waals surface area (Å²) in [5, 5.41) is 20.8. The molecule has 0 fully saturated rings. The van der Waals surface area contributed by atoms with Gasteiger partial charge >= 0.3 is 0 Å². The van der Waals surface area contributed by atoms with Gasteiger partial charge in [0.1, 0.15) is 0 Å². The van der Waals surface area contributed by atoms with E-state index in [1.807, 2.05) is 20.8 Å². The average Bonchev–Trinajstić information content (AvgIpc) is 2.15. The molecule has 0 spiro atoms. The zero-order valence-electron chi connectivity index (χ0n) is 9.80. The van der Waals surface area contributed by atoms with Crippen LogP contribution in [0.2, 0.25) is 0 Å². The zero-order chi connectivity index (χ0) is 12.3. The second kappa shape index (κ2) is 4.61. The number of aliphatic hydroxyl groups excluding tert-OH is 1. The van der Waals surface area contributed by atoms with Crippen molar-refractivity contribution in [2.24, 2.45) is 5.41 Å². The van der Waals surface area contributed by atoms with Crippen molar-refractivity contribution < 1.29 is 10.0 Å². The van der Waals surface area contributed by atoms with E-state index in [0.29, 0.717) is 12.0 Å². The second-order valence-electron chi connectivity index (χ2n) is 5.10. The molecule has 1 aromatic carbocycles. The predicted molar refractivity (Wildman–Crippen MR) is 62.1 cm³/mol. The van der Waals surface area contributed by atoms with Gasteiger partial charge in [-0.25, -0.2) is 0 Å². The van der Waals surface area contributed by atoms with Gasteiger partial charge in [-0.15, -0.1) is 0 Å². The molecule has 0 saturated heterocycles. The first-order chi connectivity index (χ1) is 7.31. The number of para-hydroxylation sites is 1. The molecule has 0 radical (unpaired) electrons. The molecule has 0 aromatic heterocycles. The predicted octanol–water partition coefficient (Wildman–Crippen LogP) is 3.06. The second-order valence-corrected chi connectivity index (χ2v) is 5.10. The van der Waals surface area contributed by atoms with Gasteiger partial charge in [0, 0.05) is 6.07 Å². The first-order valence-electron chi connectivity index (χ1n) is 5.22. The Hall–Kier alpha value is -1.42. The Morgan fingerprint density at radius 3 is 2.44 bits per heavy atom. The van der Waals surface area contributed by atoms with Crippen molar-refractivity contribution in [3.05, 3.63) is 39.9 Å². The van der Waals surface area contributed by atoms with E-state index in [1.165, 1.54) is 6.07 Å². The van der Waals surface area contributed by atoms with Crippen LogP contribution in [0.4, 0.5) is 5.69 Å². The summed E-state index contributed by atoms with van der Waals surface area (Å²) in [5.74, 6) is 0. The Kier molecular flexibility index (Phi) is 3.65. The number of benzene rings is 1. The molecule has 0 aliphatic carbocycles. The molecule has 88 valence electrons. The van der Waals surface area contributed by atoms with Crippen molar-refractivity contribution in [3.63, 3.8) is 0 Å². The highest BCUT2D eigenvalue weighted by Crippen LogP contribution is 2.33. The van der Waals surface area contributed by atoms with Crippen LogP contribution in [0.15, 0.2) is 24.3 Å². The highest BCUT2D eigenvalue weighted by atomic mass is 16.6. The van der Waals surface area contributed by atoms with E-state index in [2.05, 4.69) is 0 Å². The third kappa shape index (κ3) is 3.31. The molecule has 4 heteroatoms. The molecule has 0 heterocycles. The largest absolute Gasteiger partial charge is 0.388 e.